The van der Waals surface area contributed by atoms with E-state index in [9.17, 15) is 9.59 Å². The first-order chi connectivity index (χ1) is 18.9. The third-order valence-electron chi connectivity index (χ3n) is 6.57. The quantitative estimate of drug-likeness (QED) is 0.304. The Morgan fingerprint density at radius 3 is 2.56 bits per heavy atom. The minimum atomic E-state index is -0.0351. The van der Waals surface area contributed by atoms with Crippen LogP contribution < -0.4 is 10.3 Å². The second-order valence-electron chi connectivity index (χ2n) is 9.71. The molecule has 1 aliphatic heterocycles. The first kappa shape index (κ1) is 26.7. The van der Waals surface area contributed by atoms with Gasteiger partial charge in [0.15, 0.2) is 11.5 Å². The van der Waals surface area contributed by atoms with E-state index in [0.717, 1.165) is 47.5 Å². The van der Waals surface area contributed by atoms with E-state index in [-0.39, 0.29) is 11.3 Å². The highest BCUT2D eigenvalue weighted by Gasteiger charge is 2.19. The molecule has 1 fully saturated rings. The predicted molar refractivity (Wildman–Crippen MR) is 153 cm³/mol. The number of hydrogen-bond acceptors (Lipinski definition) is 9. The lowest BCUT2D eigenvalue weighted by atomic mass is 10.1. The van der Waals surface area contributed by atoms with Crippen molar-refractivity contribution in [2.24, 2.45) is 0 Å². The topological polar surface area (TPSA) is 102 Å². The molecule has 1 saturated heterocycles. The summed E-state index contributed by atoms with van der Waals surface area (Å²) in [5.74, 6) is 1.31. The SMILES string of the molecule is C/C(=C\c1cnc(CCCc2ccc(-c3csc4c(=O)cc(N5CCOCC5)oc34)cn2)nc1)C(=O)N(C)C. The molecule has 5 rings (SSSR count). The summed E-state index contributed by atoms with van der Waals surface area (Å²) in [5.41, 5.74) is 4.81. The van der Waals surface area contributed by atoms with Crippen LogP contribution in [0.4, 0.5) is 5.88 Å². The van der Waals surface area contributed by atoms with Gasteiger partial charge in [-0.25, -0.2) is 9.97 Å². The largest absolute Gasteiger partial charge is 0.439 e. The van der Waals surface area contributed by atoms with Crippen LogP contribution in [0.3, 0.4) is 0 Å². The maximum Gasteiger partial charge on any atom is 0.248 e. The number of rotatable bonds is 8. The van der Waals surface area contributed by atoms with Crippen LogP contribution in [0.2, 0.25) is 0 Å². The van der Waals surface area contributed by atoms with Gasteiger partial charge in [0, 0.05) is 91.6 Å². The molecule has 4 aromatic heterocycles. The van der Waals surface area contributed by atoms with E-state index in [2.05, 4.69) is 15.0 Å². The summed E-state index contributed by atoms with van der Waals surface area (Å²) in [6.45, 7) is 4.43. The standard InChI is InChI=1S/C29H31N5O4S/c1-19(29(36)33(2)3)13-20-15-31-25(32-16-20)6-4-5-22-8-7-21(17-30-22)23-18-39-28-24(35)14-26(38-27(23)28)34-9-11-37-12-10-34/h7-8,13-18H,4-6,9-12H2,1-3H3/b19-13+. The Labute approximate surface area is 230 Å². The molecule has 9 nitrogen and oxygen atoms in total. The number of carbonyl (C=O) groups is 1. The van der Waals surface area contributed by atoms with Crippen LogP contribution in [0.1, 0.15) is 30.4 Å². The maximum absolute atomic E-state index is 12.7. The number of anilines is 1. The molecule has 0 saturated carbocycles. The van der Waals surface area contributed by atoms with Gasteiger partial charge in [-0.2, -0.15) is 0 Å². The number of pyridine rings is 1. The molecule has 39 heavy (non-hydrogen) atoms. The van der Waals surface area contributed by atoms with Gasteiger partial charge in [0.2, 0.25) is 11.3 Å². The number of fused-ring (bicyclic) bond motifs is 1. The van der Waals surface area contributed by atoms with Crippen molar-refractivity contribution in [1.29, 1.82) is 0 Å². The second kappa shape index (κ2) is 11.9. The van der Waals surface area contributed by atoms with E-state index < -0.39 is 0 Å². The molecule has 1 amide bonds. The maximum atomic E-state index is 12.7. The number of aryl methyl sites for hydroxylation is 2. The molecule has 202 valence electrons. The molecular weight excluding hydrogens is 514 g/mol. The highest BCUT2D eigenvalue weighted by molar-refractivity contribution is 7.17. The number of amides is 1. The Morgan fingerprint density at radius 2 is 1.87 bits per heavy atom. The van der Waals surface area contributed by atoms with E-state index in [4.69, 9.17) is 9.15 Å². The summed E-state index contributed by atoms with van der Waals surface area (Å²) in [6.07, 6.45) is 9.51. The van der Waals surface area contributed by atoms with Crippen LogP contribution in [-0.4, -0.2) is 66.2 Å². The minimum Gasteiger partial charge on any atom is -0.439 e. The summed E-state index contributed by atoms with van der Waals surface area (Å²) >= 11 is 1.40. The van der Waals surface area contributed by atoms with Crippen LogP contribution in [0.25, 0.3) is 27.5 Å². The molecule has 0 spiro atoms. The zero-order chi connectivity index (χ0) is 27.4. The molecule has 4 aromatic rings. The fraction of sp³-hybridized carbons (Fsp3) is 0.345. The Kier molecular flexibility index (Phi) is 8.13. The fourth-order valence-electron chi connectivity index (χ4n) is 4.46. The van der Waals surface area contributed by atoms with E-state index in [1.165, 1.54) is 11.3 Å². The van der Waals surface area contributed by atoms with Crippen molar-refractivity contribution in [2.75, 3.05) is 45.3 Å². The highest BCUT2D eigenvalue weighted by atomic mass is 32.1. The molecule has 0 unspecified atom stereocenters. The number of nitrogens with zero attached hydrogens (tertiary/aromatic N) is 5. The number of morpholine rings is 1. The van der Waals surface area contributed by atoms with Gasteiger partial charge in [0.1, 0.15) is 10.5 Å². The van der Waals surface area contributed by atoms with E-state index in [1.54, 1.807) is 50.5 Å². The molecule has 5 heterocycles. The van der Waals surface area contributed by atoms with Crippen LogP contribution in [-0.2, 0) is 22.4 Å². The molecule has 1 aliphatic rings. The monoisotopic (exact) mass is 545 g/mol. The average Bonchev–Trinajstić information content (AvgIpc) is 3.39. The van der Waals surface area contributed by atoms with Crippen LogP contribution in [0.5, 0.6) is 0 Å². The van der Waals surface area contributed by atoms with Gasteiger partial charge in [-0.15, -0.1) is 11.3 Å². The lowest BCUT2D eigenvalue weighted by Gasteiger charge is -2.27. The van der Waals surface area contributed by atoms with Gasteiger partial charge in [0.25, 0.3) is 0 Å². The molecule has 10 heteroatoms. The zero-order valence-electron chi connectivity index (χ0n) is 22.3. The summed E-state index contributed by atoms with van der Waals surface area (Å²) < 4.78 is 12.3. The van der Waals surface area contributed by atoms with Gasteiger partial charge in [-0.1, -0.05) is 6.07 Å². The van der Waals surface area contributed by atoms with Gasteiger partial charge >= 0.3 is 0 Å². The van der Waals surface area contributed by atoms with Gasteiger partial charge in [0.05, 0.1) is 13.2 Å². The Morgan fingerprint density at radius 1 is 1.10 bits per heavy atom. The second-order valence-corrected chi connectivity index (χ2v) is 10.6. The molecule has 0 aromatic carbocycles. The lowest BCUT2D eigenvalue weighted by Crippen LogP contribution is -2.36. The molecule has 0 N–H and O–H groups in total. The Balaban J connectivity index is 1.22. The number of aromatic nitrogens is 3. The van der Waals surface area contributed by atoms with Crippen molar-refractivity contribution in [1.82, 2.24) is 19.9 Å². The third-order valence-corrected chi connectivity index (χ3v) is 7.55. The summed E-state index contributed by atoms with van der Waals surface area (Å²) in [5, 5.41) is 1.96. The predicted octanol–water partition coefficient (Wildman–Crippen LogP) is 4.21. The zero-order valence-corrected chi connectivity index (χ0v) is 23.2. The highest BCUT2D eigenvalue weighted by Crippen LogP contribution is 2.34. The van der Waals surface area contributed by atoms with Crippen LogP contribution in [0.15, 0.2) is 57.0 Å². The number of hydrogen-bond donors (Lipinski definition) is 0. The van der Waals surface area contributed by atoms with Crippen molar-refractivity contribution < 1.29 is 13.9 Å². The van der Waals surface area contributed by atoms with Gasteiger partial charge in [-0.3, -0.25) is 14.6 Å². The lowest BCUT2D eigenvalue weighted by molar-refractivity contribution is -0.124. The van der Waals surface area contributed by atoms with Crippen molar-refractivity contribution in [2.45, 2.75) is 26.2 Å². The van der Waals surface area contributed by atoms with Crippen molar-refractivity contribution in [3.05, 3.63) is 75.0 Å². The fourth-order valence-corrected chi connectivity index (χ4v) is 5.37. The smallest absolute Gasteiger partial charge is 0.248 e. The van der Waals surface area contributed by atoms with Crippen molar-refractivity contribution in [3.63, 3.8) is 0 Å². The molecule has 0 radical (unpaired) electrons. The molecule has 0 atom stereocenters. The Bertz CT molecular complexity index is 1530. The average molecular weight is 546 g/mol. The minimum absolute atomic E-state index is 0.0259. The summed E-state index contributed by atoms with van der Waals surface area (Å²) in [7, 11) is 3.46. The number of ether oxygens (including phenoxy) is 1. The first-order valence-corrected chi connectivity index (χ1v) is 13.8. The van der Waals surface area contributed by atoms with Gasteiger partial charge < -0.3 is 19.0 Å². The van der Waals surface area contributed by atoms with Crippen molar-refractivity contribution in [3.8, 4) is 11.1 Å². The van der Waals surface area contributed by atoms with Crippen LogP contribution in [0, 0.1) is 0 Å². The number of likely N-dealkylation sites (N-methyl/N-ethyl adjacent to an activating group) is 1. The number of carbonyl (C=O) groups excluding carboxylic acids is 1. The van der Waals surface area contributed by atoms with E-state index in [0.29, 0.717) is 48.0 Å². The number of thiophene rings is 1. The first-order valence-electron chi connectivity index (χ1n) is 12.9. The Hall–Kier alpha value is -3.89. The van der Waals surface area contributed by atoms with Gasteiger partial charge in [-0.05, 0) is 31.9 Å². The molecule has 0 bridgehead atoms. The van der Waals surface area contributed by atoms with Crippen molar-refractivity contribution >= 4 is 39.5 Å². The normalized spacial score (nSPS) is 14.1. The van der Waals surface area contributed by atoms with E-state index in [1.807, 2.05) is 28.6 Å². The van der Waals surface area contributed by atoms with E-state index >= 15 is 0 Å². The summed E-state index contributed by atoms with van der Waals surface area (Å²) in [4.78, 5) is 41.9. The summed E-state index contributed by atoms with van der Waals surface area (Å²) in [6, 6.07) is 5.62. The third kappa shape index (κ3) is 6.23. The van der Waals surface area contributed by atoms with Crippen LogP contribution >= 0.6 is 11.3 Å². The molecule has 0 aliphatic carbocycles. The molecular formula is C29H31N5O4S.